The van der Waals surface area contributed by atoms with E-state index in [-0.39, 0.29) is 47.6 Å². The highest BCUT2D eigenvalue weighted by molar-refractivity contribution is 5.82. The number of rotatable bonds is 2. The van der Waals surface area contributed by atoms with Crippen LogP contribution in [0.3, 0.4) is 0 Å². The third-order valence-electron chi connectivity index (χ3n) is 6.44. The van der Waals surface area contributed by atoms with Crippen LogP contribution in [-0.2, 0) is 0 Å². The zero-order valence-electron chi connectivity index (χ0n) is 15.4. The molecule has 3 fully saturated rings. The molecule has 2 aliphatic heterocycles. The van der Waals surface area contributed by atoms with Gasteiger partial charge in [0.25, 0.3) is 0 Å². The van der Waals surface area contributed by atoms with E-state index in [1.807, 2.05) is 0 Å². The van der Waals surface area contributed by atoms with E-state index in [9.17, 15) is 18.4 Å². The lowest BCUT2D eigenvalue weighted by molar-refractivity contribution is 0.0653. The van der Waals surface area contributed by atoms with E-state index < -0.39 is 5.66 Å². The summed E-state index contributed by atoms with van der Waals surface area (Å²) in [6.07, 6.45) is 1.50. The second-order valence-corrected chi connectivity index (χ2v) is 7.91. The van der Waals surface area contributed by atoms with Crippen LogP contribution < -0.4 is 21.3 Å². The van der Waals surface area contributed by atoms with Crippen LogP contribution in [0.5, 0.6) is 0 Å². The van der Waals surface area contributed by atoms with Crippen LogP contribution in [0.2, 0.25) is 0 Å². The first-order valence-corrected chi connectivity index (χ1v) is 9.64. The molecule has 1 aliphatic carbocycles. The van der Waals surface area contributed by atoms with E-state index in [1.54, 1.807) is 24.3 Å². The average Bonchev–Trinajstić information content (AvgIpc) is 3.06. The van der Waals surface area contributed by atoms with Crippen molar-refractivity contribution < 1.29 is 18.4 Å². The third-order valence-corrected chi connectivity index (χ3v) is 6.44. The number of benzene rings is 2. The van der Waals surface area contributed by atoms with Gasteiger partial charge in [0, 0.05) is 11.8 Å². The van der Waals surface area contributed by atoms with Gasteiger partial charge in [0.15, 0.2) is 0 Å². The van der Waals surface area contributed by atoms with Gasteiger partial charge in [0.2, 0.25) is 0 Å². The van der Waals surface area contributed by atoms with Crippen molar-refractivity contribution in [2.45, 2.75) is 30.6 Å². The highest BCUT2D eigenvalue weighted by Gasteiger charge is 2.62. The van der Waals surface area contributed by atoms with Gasteiger partial charge < -0.3 is 21.3 Å². The van der Waals surface area contributed by atoms with Gasteiger partial charge in [-0.15, -0.1) is 0 Å². The standard InChI is InChI=1S/C21H20F2N4O2/c22-13-5-1-11(2-6-13)17-15-9-10-16-18(12-3-7-14(23)8-4-12)25-20(29)27-21(15,16)26-19(28)24-17/h1-8,15-18H,9-10H2,(H2,24,26,28)(H2,25,27,29). The molecule has 2 heterocycles. The topological polar surface area (TPSA) is 82.3 Å². The molecule has 6 nitrogen and oxygen atoms in total. The normalized spacial score (nSPS) is 32.9. The third kappa shape index (κ3) is 2.82. The van der Waals surface area contributed by atoms with Crippen LogP contribution in [0.15, 0.2) is 48.5 Å². The molecule has 29 heavy (non-hydrogen) atoms. The van der Waals surface area contributed by atoms with Crippen molar-refractivity contribution in [1.29, 1.82) is 0 Å². The number of amides is 4. The minimum atomic E-state index is -0.942. The van der Waals surface area contributed by atoms with Crippen LogP contribution in [-0.4, -0.2) is 17.7 Å². The second kappa shape index (κ2) is 6.43. The molecule has 0 radical (unpaired) electrons. The summed E-state index contributed by atoms with van der Waals surface area (Å²) in [5.41, 5.74) is 0.637. The van der Waals surface area contributed by atoms with Crippen molar-refractivity contribution in [3.63, 3.8) is 0 Å². The SMILES string of the molecule is O=C1NC(c2ccc(F)cc2)C2CCC3C(c4ccc(F)cc4)NC(=O)NC23N1. The van der Waals surface area contributed by atoms with E-state index in [0.29, 0.717) is 0 Å². The number of urea groups is 2. The van der Waals surface area contributed by atoms with Gasteiger partial charge in [-0.05, 0) is 48.2 Å². The average molecular weight is 398 g/mol. The molecule has 0 aromatic heterocycles. The molecule has 4 unspecified atom stereocenters. The fraction of sp³-hybridized carbons (Fsp3) is 0.333. The Bertz CT molecular complexity index is 884. The summed E-state index contributed by atoms with van der Waals surface area (Å²) < 4.78 is 26.8. The number of carbonyl (C=O) groups excluding carboxylic acids is 2. The summed E-state index contributed by atoms with van der Waals surface area (Å²) in [6.45, 7) is 0. The Morgan fingerprint density at radius 1 is 0.690 bits per heavy atom. The maximum atomic E-state index is 13.4. The predicted octanol–water partition coefficient (Wildman–Crippen LogP) is 3.10. The van der Waals surface area contributed by atoms with Crippen molar-refractivity contribution in [1.82, 2.24) is 21.3 Å². The maximum absolute atomic E-state index is 13.4. The Balaban J connectivity index is 1.55. The fourth-order valence-corrected chi connectivity index (χ4v) is 5.25. The van der Waals surface area contributed by atoms with E-state index in [4.69, 9.17) is 0 Å². The number of nitrogens with one attached hydrogen (secondary N) is 4. The highest BCUT2D eigenvalue weighted by atomic mass is 19.1. The lowest BCUT2D eigenvalue weighted by Crippen LogP contribution is -2.77. The number of halogens is 2. The molecule has 0 bridgehead atoms. The van der Waals surface area contributed by atoms with E-state index >= 15 is 0 Å². The second-order valence-electron chi connectivity index (χ2n) is 7.91. The first-order chi connectivity index (χ1) is 14.0. The summed E-state index contributed by atoms with van der Waals surface area (Å²) in [4.78, 5) is 25.2. The van der Waals surface area contributed by atoms with Crippen LogP contribution in [0.4, 0.5) is 18.4 Å². The summed E-state index contributed by atoms with van der Waals surface area (Å²) in [7, 11) is 0. The molecule has 4 N–H and O–H groups in total. The van der Waals surface area contributed by atoms with Crippen molar-refractivity contribution >= 4 is 12.1 Å². The molecule has 1 saturated carbocycles. The van der Waals surface area contributed by atoms with Gasteiger partial charge in [-0.3, -0.25) is 0 Å². The summed E-state index contributed by atoms with van der Waals surface area (Å²) in [5, 5.41) is 11.8. The Labute approximate surface area is 166 Å². The van der Waals surface area contributed by atoms with Gasteiger partial charge in [0.1, 0.15) is 17.3 Å². The van der Waals surface area contributed by atoms with Crippen LogP contribution in [0.1, 0.15) is 36.1 Å². The molecule has 2 saturated heterocycles. The van der Waals surface area contributed by atoms with Crippen LogP contribution >= 0.6 is 0 Å². The smallest absolute Gasteiger partial charge is 0.317 e. The Kier molecular flexibility index (Phi) is 3.97. The van der Waals surface area contributed by atoms with Crippen molar-refractivity contribution in [3.05, 3.63) is 71.3 Å². The quantitative estimate of drug-likeness (QED) is 0.627. The van der Waals surface area contributed by atoms with E-state index in [1.165, 1.54) is 24.3 Å². The van der Waals surface area contributed by atoms with Gasteiger partial charge >= 0.3 is 12.1 Å². The molecule has 2 aromatic rings. The highest BCUT2D eigenvalue weighted by Crippen LogP contribution is 2.52. The first kappa shape index (κ1) is 17.9. The van der Waals surface area contributed by atoms with Crippen LogP contribution in [0.25, 0.3) is 0 Å². The molecule has 4 atom stereocenters. The number of hydrogen-bond acceptors (Lipinski definition) is 2. The molecule has 8 heteroatoms. The fourth-order valence-electron chi connectivity index (χ4n) is 5.25. The lowest BCUT2D eigenvalue weighted by atomic mass is 9.75. The minimum Gasteiger partial charge on any atom is -0.331 e. The molecule has 150 valence electrons. The Morgan fingerprint density at radius 2 is 1.07 bits per heavy atom. The predicted molar refractivity (Wildman–Crippen MR) is 101 cm³/mol. The zero-order chi connectivity index (χ0) is 20.2. The van der Waals surface area contributed by atoms with Gasteiger partial charge in [-0.2, -0.15) is 0 Å². The van der Waals surface area contributed by atoms with Crippen LogP contribution in [0, 0.1) is 23.5 Å². The molecule has 1 spiro atoms. The lowest BCUT2D eigenvalue weighted by Gasteiger charge is -2.52. The summed E-state index contributed by atoms with van der Waals surface area (Å²) in [6, 6.07) is 10.6. The Morgan fingerprint density at radius 3 is 1.45 bits per heavy atom. The summed E-state index contributed by atoms with van der Waals surface area (Å²) >= 11 is 0. The van der Waals surface area contributed by atoms with Gasteiger partial charge in [-0.25, -0.2) is 18.4 Å². The Hall–Kier alpha value is -3.16. The van der Waals surface area contributed by atoms with Crippen molar-refractivity contribution in [2.75, 3.05) is 0 Å². The molecular formula is C21H20F2N4O2. The minimum absolute atomic E-state index is 0.121. The first-order valence-electron chi connectivity index (χ1n) is 9.64. The molecule has 4 amide bonds. The van der Waals surface area contributed by atoms with Gasteiger partial charge in [0.05, 0.1) is 12.1 Å². The number of carbonyl (C=O) groups is 2. The molecule has 5 rings (SSSR count). The van der Waals surface area contributed by atoms with Crippen molar-refractivity contribution in [3.8, 4) is 0 Å². The largest absolute Gasteiger partial charge is 0.331 e. The van der Waals surface area contributed by atoms with Crippen molar-refractivity contribution in [2.24, 2.45) is 11.8 Å². The van der Waals surface area contributed by atoms with E-state index in [2.05, 4.69) is 21.3 Å². The van der Waals surface area contributed by atoms with Gasteiger partial charge in [-0.1, -0.05) is 24.3 Å². The zero-order valence-corrected chi connectivity index (χ0v) is 15.4. The maximum Gasteiger partial charge on any atom is 0.317 e. The number of hydrogen-bond donors (Lipinski definition) is 4. The molecule has 3 aliphatic rings. The molecular weight excluding hydrogens is 378 g/mol. The summed E-state index contributed by atoms with van der Waals surface area (Å²) in [5.74, 6) is -0.937. The monoisotopic (exact) mass is 398 g/mol. The van der Waals surface area contributed by atoms with E-state index in [0.717, 1.165) is 24.0 Å². The molecule has 2 aromatic carbocycles.